The zero-order valence-corrected chi connectivity index (χ0v) is 22.7. The van der Waals surface area contributed by atoms with Crippen molar-refractivity contribution in [1.82, 2.24) is 10.2 Å². The maximum Gasteiger partial charge on any atom is 0.407 e. The molecule has 4 nitrogen and oxygen atoms in total. The number of nitrogens with one attached hydrogen (secondary N) is 1. The van der Waals surface area contributed by atoms with Crippen LogP contribution < -0.4 is 5.32 Å². The first-order valence-corrected chi connectivity index (χ1v) is 12.1. The molecule has 1 aromatic carbocycles. The SMILES string of the molecule is CC(C)(C)C1(C(C)(C)C)NC(c2ccccc2)CCN(C(=O)O)C1(C(C)(C)C)C(C)(C)C. The van der Waals surface area contributed by atoms with Crippen LogP contribution >= 0.6 is 0 Å². The van der Waals surface area contributed by atoms with Gasteiger partial charge in [0.15, 0.2) is 0 Å². The summed E-state index contributed by atoms with van der Waals surface area (Å²) in [5.74, 6) is 0. The fourth-order valence-corrected chi connectivity index (χ4v) is 7.94. The molecule has 1 aliphatic heterocycles. The second-order valence-electron chi connectivity index (χ2n) is 13.8. The molecule has 1 atom stereocenters. The minimum Gasteiger partial charge on any atom is -0.465 e. The van der Waals surface area contributed by atoms with Crippen molar-refractivity contribution >= 4 is 6.09 Å². The van der Waals surface area contributed by atoms with Crippen LogP contribution in [0.5, 0.6) is 0 Å². The maximum atomic E-state index is 13.1. The summed E-state index contributed by atoms with van der Waals surface area (Å²) in [5, 5.41) is 15.0. The van der Waals surface area contributed by atoms with Crippen LogP contribution in [0.1, 0.15) is 101 Å². The molecule has 1 fully saturated rings. The molecular weight excluding hydrogens is 396 g/mol. The van der Waals surface area contributed by atoms with Gasteiger partial charge in [0.05, 0.1) is 11.1 Å². The van der Waals surface area contributed by atoms with Crippen molar-refractivity contribution in [1.29, 1.82) is 0 Å². The smallest absolute Gasteiger partial charge is 0.407 e. The number of carbonyl (C=O) groups is 1. The monoisotopic (exact) mass is 444 g/mol. The molecule has 0 aromatic heterocycles. The van der Waals surface area contributed by atoms with Gasteiger partial charge < -0.3 is 10.4 Å². The molecule has 1 aliphatic rings. The van der Waals surface area contributed by atoms with Crippen molar-refractivity contribution in [2.75, 3.05) is 6.54 Å². The summed E-state index contributed by atoms with van der Waals surface area (Å²) in [6.07, 6.45) is -0.0961. The summed E-state index contributed by atoms with van der Waals surface area (Å²) >= 11 is 0. The Labute approximate surface area is 197 Å². The number of carboxylic acid groups (broad SMARTS) is 1. The number of hydrogen-bond donors (Lipinski definition) is 2. The highest BCUT2D eigenvalue weighted by molar-refractivity contribution is 5.68. The molecule has 0 radical (unpaired) electrons. The highest BCUT2D eigenvalue weighted by Crippen LogP contribution is 2.65. The first-order valence-electron chi connectivity index (χ1n) is 12.1. The summed E-state index contributed by atoms with van der Waals surface area (Å²) in [6.45, 7) is 27.5. The minimum absolute atomic E-state index is 0.0584. The van der Waals surface area contributed by atoms with E-state index in [4.69, 9.17) is 0 Å². The fraction of sp³-hybridized carbons (Fsp3) is 0.750. The molecule has 1 amide bonds. The number of rotatable bonds is 1. The van der Waals surface area contributed by atoms with Gasteiger partial charge in [0.2, 0.25) is 0 Å². The van der Waals surface area contributed by atoms with Crippen LogP contribution in [-0.4, -0.2) is 33.7 Å². The molecular formula is C28H48N2O2. The van der Waals surface area contributed by atoms with Crippen molar-refractivity contribution in [3.63, 3.8) is 0 Å². The van der Waals surface area contributed by atoms with Gasteiger partial charge in [-0.2, -0.15) is 0 Å². The van der Waals surface area contributed by atoms with Crippen LogP contribution in [0.25, 0.3) is 0 Å². The van der Waals surface area contributed by atoms with Gasteiger partial charge in [0.25, 0.3) is 0 Å². The highest BCUT2D eigenvalue weighted by atomic mass is 16.4. The number of hydrogen-bond acceptors (Lipinski definition) is 2. The molecule has 2 rings (SSSR count). The van der Waals surface area contributed by atoms with Crippen LogP contribution in [0, 0.1) is 21.7 Å². The van der Waals surface area contributed by atoms with E-state index in [1.807, 2.05) is 11.0 Å². The Morgan fingerprint density at radius 1 is 0.844 bits per heavy atom. The number of nitrogens with zero attached hydrogens (tertiary/aromatic N) is 1. The van der Waals surface area contributed by atoms with Gasteiger partial charge in [0, 0.05) is 12.6 Å². The van der Waals surface area contributed by atoms with E-state index in [2.05, 4.69) is 113 Å². The van der Waals surface area contributed by atoms with E-state index in [9.17, 15) is 9.90 Å². The van der Waals surface area contributed by atoms with Gasteiger partial charge in [-0.3, -0.25) is 4.90 Å². The van der Waals surface area contributed by atoms with Crippen molar-refractivity contribution in [3.8, 4) is 0 Å². The third-order valence-corrected chi connectivity index (χ3v) is 7.83. The molecule has 1 heterocycles. The first-order chi connectivity index (χ1) is 14.3. The molecule has 1 unspecified atom stereocenters. The summed E-state index contributed by atoms with van der Waals surface area (Å²) in [7, 11) is 0. The molecule has 0 spiro atoms. The van der Waals surface area contributed by atoms with Crippen LogP contribution in [0.3, 0.4) is 0 Å². The molecule has 1 aromatic rings. The van der Waals surface area contributed by atoms with Crippen LogP contribution in [0.15, 0.2) is 30.3 Å². The highest BCUT2D eigenvalue weighted by Gasteiger charge is 2.74. The summed E-state index contributed by atoms with van der Waals surface area (Å²) in [5.41, 5.74) is -1.24. The Kier molecular flexibility index (Phi) is 6.71. The molecule has 0 bridgehead atoms. The average Bonchev–Trinajstić information content (AvgIpc) is 2.77. The molecule has 4 heteroatoms. The third kappa shape index (κ3) is 3.77. The van der Waals surface area contributed by atoms with Crippen molar-refractivity contribution in [2.45, 2.75) is 107 Å². The summed E-state index contributed by atoms with van der Waals surface area (Å²) in [6, 6.07) is 10.6. The lowest BCUT2D eigenvalue weighted by molar-refractivity contribution is -0.198. The topological polar surface area (TPSA) is 52.6 Å². The standard InChI is InChI=1S/C28H48N2O2/c1-23(2,3)27(24(4,5)6)28(25(7,8)9,26(10,11)12)30(22(31)32)19-18-21(29-27)20-16-14-13-15-17-20/h13-17,21,29H,18-19H2,1-12H3,(H,31,32). The molecule has 1 saturated heterocycles. The van der Waals surface area contributed by atoms with Gasteiger partial charge in [-0.1, -0.05) is 113 Å². The summed E-state index contributed by atoms with van der Waals surface area (Å²) in [4.78, 5) is 14.9. The van der Waals surface area contributed by atoms with E-state index in [0.717, 1.165) is 6.42 Å². The Morgan fingerprint density at radius 3 is 1.62 bits per heavy atom. The minimum atomic E-state index is -0.830. The van der Waals surface area contributed by atoms with E-state index < -0.39 is 17.2 Å². The Bertz CT molecular complexity index is 773. The average molecular weight is 445 g/mol. The van der Waals surface area contributed by atoms with Crippen LogP contribution in [0.2, 0.25) is 0 Å². The number of benzene rings is 1. The van der Waals surface area contributed by atoms with Crippen molar-refractivity contribution < 1.29 is 9.90 Å². The third-order valence-electron chi connectivity index (χ3n) is 7.83. The predicted octanol–water partition coefficient (Wildman–Crippen LogP) is 7.36. The first kappa shape index (κ1) is 26.7. The van der Waals surface area contributed by atoms with Gasteiger partial charge in [-0.15, -0.1) is 0 Å². The lowest BCUT2D eigenvalue weighted by atomic mass is 9.40. The summed E-state index contributed by atoms with van der Waals surface area (Å²) < 4.78 is 0. The van der Waals surface area contributed by atoms with E-state index >= 15 is 0 Å². The van der Waals surface area contributed by atoms with Crippen LogP contribution in [-0.2, 0) is 0 Å². The normalized spacial score (nSPS) is 22.4. The van der Waals surface area contributed by atoms with Gasteiger partial charge in [-0.25, -0.2) is 4.79 Å². The zero-order chi connectivity index (χ0) is 25.0. The molecule has 182 valence electrons. The van der Waals surface area contributed by atoms with Gasteiger partial charge in [0.1, 0.15) is 0 Å². The molecule has 0 aliphatic carbocycles. The van der Waals surface area contributed by atoms with E-state index in [-0.39, 0.29) is 27.7 Å². The fourth-order valence-electron chi connectivity index (χ4n) is 7.94. The molecule has 0 saturated carbocycles. The van der Waals surface area contributed by atoms with E-state index in [1.165, 1.54) is 5.56 Å². The van der Waals surface area contributed by atoms with Crippen molar-refractivity contribution in [3.05, 3.63) is 35.9 Å². The predicted molar refractivity (Wildman–Crippen MR) is 135 cm³/mol. The number of amides is 1. The lowest BCUT2D eigenvalue weighted by Gasteiger charge is -2.73. The second kappa shape index (κ2) is 8.04. The lowest BCUT2D eigenvalue weighted by Crippen LogP contribution is -2.86. The largest absolute Gasteiger partial charge is 0.465 e. The molecule has 2 N–H and O–H groups in total. The van der Waals surface area contributed by atoms with Crippen LogP contribution in [0.4, 0.5) is 4.79 Å². The Hall–Kier alpha value is -1.55. The maximum absolute atomic E-state index is 13.1. The Balaban J connectivity index is 3.13. The van der Waals surface area contributed by atoms with E-state index in [1.54, 1.807) is 0 Å². The molecule has 32 heavy (non-hydrogen) atoms. The second-order valence-corrected chi connectivity index (χ2v) is 13.8. The zero-order valence-electron chi connectivity index (χ0n) is 22.7. The van der Waals surface area contributed by atoms with Gasteiger partial charge in [-0.05, 0) is 33.6 Å². The quantitative estimate of drug-likeness (QED) is 0.475. The Morgan fingerprint density at radius 2 is 1.28 bits per heavy atom. The van der Waals surface area contributed by atoms with Crippen molar-refractivity contribution in [2.24, 2.45) is 21.7 Å². The van der Waals surface area contributed by atoms with E-state index in [0.29, 0.717) is 6.54 Å². The van der Waals surface area contributed by atoms with Gasteiger partial charge >= 0.3 is 6.09 Å².